The largest absolute Gasteiger partial charge is 0.349 e. The van der Waals surface area contributed by atoms with E-state index in [1.54, 1.807) is 24.5 Å². The number of hydrogen-bond acceptors (Lipinski definition) is 4. The maximum atomic E-state index is 13.6. The van der Waals surface area contributed by atoms with Crippen LogP contribution in [-0.2, 0) is 12.8 Å². The van der Waals surface area contributed by atoms with Crippen molar-refractivity contribution in [3.05, 3.63) is 76.3 Å². The van der Waals surface area contributed by atoms with Crippen molar-refractivity contribution >= 4 is 23.4 Å². The van der Waals surface area contributed by atoms with Crippen LogP contribution in [-0.4, -0.2) is 50.6 Å². The normalized spacial score (nSPS) is 16.6. The number of hydrogen-bond donors (Lipinski definition) is 1. The fourth-order valence-electron chi connectivity index (χ4n) is 4.89. The van der Waals surface area contributed by atoms with Gasteiger partial charge in [-0.05, 0) is 74.9 Å². The maximum absolute atomic E-state index is 13.6. The van der Waals surface area contributed by atoms with E-state index < -0.39 is 0 Å². The van der Waals surface area contributed by atoms with Crippen molar-refractivity contribution in [1.82, 2.24) is 25.0 Å². The molecule has 0 atom stereocenters. The molecule has 0 radical (unpaired) electrons. The first kappa shape index (κ1) is 22.6. The fraction of sp³-hybridized carbons (Fsp3) is 0.385. The average Bonchev–Trinajstić information content (AvgIpc) is 3.05. The molecular weight excluding hydrogens is 450 g/mol. The molecule has 0 saturated carbocycles. The lowest BCUT2D eigenvalue weighted by molar-refractivity contribution is 0.0691. The molecule has 1 aromatic carbocycles. The molecule has 176 valence electrons. The standard InChI is InChI=1S/C26H28ClN5O2/c27-19-8-10-21(11-9-19)32-23-7-3-1-2-6-22(23)24(30-32)26(34)31-15-12-20(13-16-31)29-25(33)18-5-4-14-28-17-18/h4-5,8-11,14,17,20H,1-3,6-7,12-13,15-16H2,(H,29,33). The van der Waals surface area contributed by atoms with Gasteiger partial charge in [0.2, 0.25) is 0 Å². The number of amides is 2. The van der Waals surface area contributed by atoms with Gasteiger partial charge in [-0.1, -0.05) is 18.0 Å². The van der Waals surface area contributed by atoms with Gasteiger partial charge in [-0.3, -0.25) is 14.6 Å². The van der Waals surface area contributed by atoms with E-state index in [2.05, 4.69) is 10.3 Å². The van der Waals surface area contributed by atoms with E-state index >= 15 is 0 Å². The molecule has 8 heteroatoms. The summed E-state index contributed by atoms with van der Waals surface area (Å²) < 4.78 is 1.94. The number of nitrogens with zero attached hydrogens (tertiary/aromatic N) is 4. The topological polar surface area (TPSA) is 80.1 Å². The van der Waals surface area contributed by atoms with Gasteiger partial charge in [-0.2, -0.15) is 5.10 Å². The van der Waals surface area contributed by atoms with Crippen LogP contribution in [0.4, 0.5) is 0 Å². The Morgan fingerprint density at radius 1 is 1.00 bits per heavy atom. The number of pyridine rings is 1. The lowest BCUT2D eigenvalue weighted by Crippen LogP contribution is -2.46. The van der Waals surface area contributed by atoms with Crippen molar-refractivity contribution in [2.45, 2.75) is 51.0 Å². The fourth-order valence-corrected chi connectivity index (χ4v) is 5.01. The first-order chi connectivity index (χ1) is 16.6. The molecule has 1 N–H and O–H groups in total. The van der Waals surface area contributed by atoms with Crippen LogP contribution < -0.4 is 5.32 Å². The number of likely N-dealkylation sites (tertiary alicyclic amines) is 1. The monoisotopic (exact) mass is 477 g/mol. The van der Waals surface area contributed by atoms with Gasteiger partial charge in [0, 0.05) is 47.8 Å². The van der Waals surface area contributed by atoms with Crippen LogP contribution in [0.1, 0.15) is 64.2 Å². The highest BCUT2D eigenvalue weighted by molar-refractivity contribution is 6.30. The Morgan fingerprint density at radius 2 is 1.76 bits per heavy atom. The summed E-state index contributed by atoms with van der Waals surface area (Å²) in [5.74, 6) is -0.132. The van der Waals surface area contributed by atoms with E-state index in [1.165, 1.54) is 0 Å². The SMILES string of the molecule is O=C(NC1CCN(C(=O)c2nn(-c3ccc(Cl)cc3)c3c2CCCCC3)CC1)c1cccnc1. The molecule has 1 fully saturated rings. The van der Waals surface area contributed by atoms with E-state index in [4.69, 9.17) is 16.7 Å². The van der Waals surface area contributed by atoms with E-state index in [0.29, 0.717) is 29.4 Å². The predicted octanol–water partition coefficient (Wildman–Crippen LogP) is 4.22. The number of nitrogens with one attached hydrogen (secondary N) is 1. The highest BCUT2D eigenvalue weighted by Gasteiger charge is 2.30. The molecule has 0 unspecified atom stereocenters. The van der Waals surface area contributed by atoms with Gasteiger partial charge in [-0.15, -0.1) is 0 Å². The molecule has 3 aromatic rings. The number of piperidine rings is 1. The Balaban J connectivity index is 1.31. The van der Waals surface area contributed by atoms with Crippen molar-refractivity contribution in [1.29, 1.82) is 0 Å². The van der Waals surface area contributed by atoms with Crippen LogP contribution in [0.15, 0.2) is 48.8 Å². The van der Waals surface area contributed by atoms with Crippen LogP contribution >= 0.6 is 11.6 Å². The summed E-state index contributed by atoms with van der Waals surface area (Å²) in [5.41, 5.74) is 4.28. The molecule has 2 amide bonds. The number of halogens is 1. The third-order valence-corrected chi connectivity index (χ3v) is 7.00. The zero-order valence-electron chi connectivity index (χ0n) is 19.0. The van der Waals surface area contributed by atoms with Gasteiger partial charge in [-0.25, -0.2) is 4.68 Å². The second kappa shape index (κ2) is 9.97. The van der Waals surface area contributed by atoms with E-state index in [0.717, 1.165) is 61.9 Å². The first-order valence-corrected chi connectivity index (χ1v) is 12.3. The molecular formula is C26H28ClN5O2. The van der Waals surface area contributed by atoms with Crippen LogP contribution in [0.2, 0.25) is 5.02 Å². The van der Waals surface area contributed by atoms with Crippen molar-refractivity contribution in [2.24, 2.45) is 0 Å². The summed E-state index contributed by atoms with van der Waals surface area (Å²) in [6, 6.07) is 11.2. The average molecular weight is 478 g/mol. The molecule has 2 aromatic heterocycles. The molecule has 3 heterocycles. The second-order valence-electron chi connectivity index (χ2n) is 9.00. The van der Waals surface area contributed by atoms with Gasteiger partial charge in [0.1, 0.15) is 0 Å². The Bertz CT molecular complexity index is 1170. The van der Waals surface area contributed by atoms with Gasteiger partial charge >= 0.3 is 0 Å². The van der Waals surface area contributed by atoms with Crippen molar-refractivity contribution in [3.63, 3.8) is 0 Å². The number of carbonyl (C=O) groups is 2. The Labute approximate surface area is 204 Å². The third kappa shape index (κ3) is 4.71. The number of rotatable bonds is 4. The van der Waals surface area contributed by atoms with Gasteiger partial charge < -0.3 is 10.2 Å². The zero-order chi connectivity index (χ0) is 23.5. The lowest BCUT2D eigenvalue weighted by atomic mass is 10.0. The Kier molecular flexibility index (Phi) is 6.63. The number of aromatic nitrogens is 3. The molecule has 1 saturated heterocycles. The van der Waals surface area contributed by atoms with Crippen molar-refractivity contribution in [2.75, 3.05) is 13.1 Å². The summed E-state index contributed by atoms with van der Waals surface area (Å²) in [6.07, 6.45) is 9.78. The smallest absolute Gasteiger partial charge is 0.274 e. The minimum atomic E-state index is -0.120. The second-order valence-corrected chi connectivity index (χ2v) is 9.44. The van der Waals surface area contributed by atoms with Crippen molar-refractivity contribution in [3.8, 4) is 5.69 Å². The summed E-state index contributed by atoms with van der Waals surface area (Å²) >= 11 is 6.08. The number of fused-ring (bicyclic) bond motifs is 1. The maximum Gasteiger partial charge on any atom is 0.274 e. The molecule has 2 aliphatic rings. The van der Waals surface area contributed by atoms with Crippen molar-refractivity contribution < 1.29 is 9.59 Å². The summed E-state index contributed by atoms with van der Waals surface area (Å²) in [4.78, 5) is 31.9. The third-order valence-electron chi connectivity index (χ3n) is 6.75. The molecule has 34 heavy (non-hydrogen) atoms. The highest BCUT2D eigenvalue weighted by Crippen LogP contribution is 2.28. The minimum Gasteiger partial charge on any atom is -0.349 e. The Morgan fingerprint density at radius 3 is 2.50 bits per heavy atom. The zero-order valence-corrected chi connectivity index (χ0v) is 19.8. The van der Waals surface area contributed by atoms with E-state index in [-0.39, 0.29) is 17.9 Å². The van der Waals surface area contributed by atoms with Crippen LogP contribution in [0.5, 0.6) is 0 Å². The predicted molar refractivity (Wildman–Crippen MR) is 130 cm³/mol. The lowest BCUT2D eigenvalue weighted by Gasteiger charge is -2.32. The van der Waals surface area contributed by atoms with Gasteiger partial charge in [0.25, 0.3) is 11.8 Å². The minimum absolute atomic E-state index is 0.0112. The molecule has 7 nitrogen and oxygen atoms in total. The van der Waals surface area contributed by atoms with E-state index in [1.807, 2.05) is 33.8 Å². The summed E-state index contributed by atoms with van der Waals surface area (Å²) in [7, 11) is 0. The highest BCUT2D eigenvalue weighted by atomic mass is 35.5. The van der Waals surface area contributed by atoms with Crippen LogP contribution in [0, 0.1) is 0 Å². The molecule has 5 rings (SSSR count). The van der Waals surface area contributed by atoms with E-state index in [9.17, 15) is 9.59 Å². The molecule has 1 aliphatic carbocycles. The molecule has 0 bridgehead atoms. The van der Waals surface area contributed by atoms with Crippen LogP contribution in [0.3, 0.4) is 0 Å². The summed E-state index contributed by atoms with van der Waals surface area (Å²) in [6.45, 7) is 1.19. The van der Waals surface area contributed by atoms with Crippen LogP contribution in [0.25, 0.3) is 5.69 Å². The summed E-state index contributed by atoms with van der Waals surface area (Å²) in [5, 5.41) is 8.57. The number of benzene rings is 1. The van der Waals surface area contributed by atoms with Gasteiger partial charge in [0.05, 0.1) is 11.3 Å². The molecule has 1 aliphatic heterocycles. The quantitative estimate of drug-likeness (QED) is 0.570. The molecule has 0 spiro atoms. The number of carbonyl (C=O) groups excluding carboxylic acids is 2. The van der Waals surface area contributed by atoms with Gasteiger partial charge in [0.15, 0.2) is 5.69 Å². The Hall–Kier alpha value is -3.19. The first-order valence-electron chi connectivity index (χ1n) is 12.0.